The third-order valence-electron chi connectivity index (χ3n) is 5.63. The maximum atomic E-state index is 13.8. The lowest BCUT2D eigenvalue weighted by molar-refractivity contribution is -0.138. The Hall–Kier alpha value is -3.80. The molecule has 0 atom stereocenters. The lowest BCUT2D eigenvalue weighted by atomic mass is 10.2. The summed E-state index contributed by atoms with van der Waals surface area (Å²) in [6, 6.07) is 20.1. The number of carbonyl (C=O) groups excluding carboxylic acids is 1. The number of esters is 1. The van der Waals surface area contributed by atoms with Crippen LogP contribution in [-0.4, -0.2) is 39.7 Å². The number of hydrogen-bond donors (Lipinski definition) is 0. The zero-order valence-electron chi connectivity index (χ0n) is 19.7. The van der Waals surface area contributed by atoms with Gasteiger partial charge >= 0.3 is 5.97 Å². The molecule has 0 N–H and O–H groups in total. The van der Waals surface area contributed by atoms with Crippen molar-refractivity contribution in [1.82, 2.24) is 19.3 Å². The second-order valence-electron chi connectivity index (χ2n) is 8.22. The molecule has 0 unspecified atom stereocenters. The predicted octanol–water partition coefficient (Wildman–Crippen LogP) is 4.95. The second-order valence-corrected chi connectivity index (χ2v) is 11.5. The molecule has 5 rings (SSSR count). The molecule has 9 nitrogen and oxygen atoms in total. The smallest absolute Gasteiger partial charge is 0.303 e. The van der Waals surface area contributed by atoms with Gasteiger partial charge in [0.25, 0.3) is 5.56 Å². The minimum atomic E-state index is -3.92. The molecule has 0 saturated heterocycles. The molecule has 0 aliphatic heterocycles. The topological polar surface area (TPSA) is 113 Å². The van der Waals surface area contributed by atoms with Crippen LogP contribution in [0.2, 0.25) is 5.02 Å². The Morgan fingerprint density at radius 2 is 1.74 bits per heavy atom. The van der Waals surface area contributed by atoms with E-state index < -0.39 is 21.7 Å². The molecule has 0 bridgehead atoms. The molecule has 12 heteroatoms. The van der Waals surface area contributed by atoms with Crippen molar-refractivity contribution in [2.75, 3.05) is 5.94 Å². The molecular formula is C26H18BrClN4O5S. The first-order valence-corrected chi connectivity index (χ1v) is 14.0. The highest BCUT2D eigenvalue weighted by Crippen LogP contribution is 2.26. The summed E-state index contributed by atoms with van der Waals surface area (Å²) in [5.74, 6) is -1.13. The number of carbonyl (C=O) groups is 1. The lowest BCUT2D eigenvalue weighted by Gasteiger charge is -2.14. The van der Waals surface area contributed by atoms with Gasteiger partial charge in [-0.2, -0.15) is 5.10 Å². The van der Waals surface area contributed by atoms with Gasteiger partial charge in [0.15, 0.2) is 11.6 Å². The summed E-state index contributed by atoms with van der Waals surface area (Å²) < 4.78 is 33.8. The van der Waals surface area contributed by atoms with Gasteiger partial charge in [0, 0.05) is 22.0 Å². The summed E-state index contributed by atoms with van der Waals surface area (Å²) in [5.41, 5.74) is 1.49. The molecule has 2 aromatic heterocycles. The van der Waals surface area contributed by atoms with E-state index in [2.05, 4.69) is 21.0 Å². The number of sulfone groups is 1. The van der Waals surface area contributed by atoms with Crippen LogP contribution in [0.3, 0.4) is 0 Å². The van der Waals surface area contributed by atoms with E-state index in [0.29, 0.717) is 27.8 Å². The molecule has 0 amide bonds. The van der Waals surface area contributed by atoms with E-state index in [4.69, 9.17) is 21.3 Å². The average molecular weight is 614 g/mol. The van der Waals surface area contributed by atoms with Crippen molar-refractivity contribution in [3.05, 3.63) is 98.8 Å². The summed E-state index contributed by atoms with van der Waals surface area (Å²) >= 11 is 9.50. The molecule has 0 fully saturated rings. The fourth-order valence-corrected chi connectivity index (χ4v) is 5.25. The van der Waals surface area contributed by atoms with Crippen molar-refractivity contribution in [1.29, 1.82) is 0 Å². The number of aromatic nitrogens is 4. The van der Waals surface area contributed by atoms with Gasteiger partial charge in [-0.1, -0.05) is 45.7 Å². The van der Waals surface area contributed by atoms with Crippen LogP contribution in [0.25, 0.3) is 33.8 Å². The van der Waals surface area contributed by atoms with Crippen molar-refractivity contribution in [2.24, 2.45) is 0 Å². The first-order chi connectivity index (χ1) is 18.1. The van der Waals surface area contributed by atoms with E-state index >= 15 is 0 Å². The molecule has 3 aromatic carbocycles. The number of halogens is 2. The first-order valence-electron chi connectivity index (χ1n) is 11.1. The monoisotopic (exact) mass is 612 g/mol. The zero-order chi connectivity index (χ0) is 27.0. The minimum absolute atomic E-state index is 0.0671. The summed E-state index contributed by atoms with van der Waals surface area (Å²) in [7, 11) is -3.92. The Kier molecular flexibility index (Phi) is 6.91. The van der Waals surface area contributed by atoms with Gasteiger partial charge in [0.1, 0.15) is 11.2 Å². The van der Waals surface area contributed by atoms with Crippen molar-refractivity contribution >= 4 is 54.4 Å². The SMILES string of the molecule is CC(=O)OCS(=O)(=O)c1cccc(-n2ncc3c(=O)n(-c4ccc(Cl)cc4)c(-c4ccc(Br)cc4)nc32)c1. The molecule has 192 valence electrons. The van der Waals surface area contributed by atoms with E-state index in [9.17, 15) is 18.0 Å². The average Bonchev–Trinajstić information content (AvgIpc) is 3.33. The maximum absolute atomic E-state index is 13.8. The summed E-state index contributed by atoms with van der Waals surface area (Å²) in [5, 5.41) is 5.11. The number of nitrogens with zero attached hydrogens (tertiary/aromatic N) is 4. The van der Waals surface area contributed by atoms with Crippen molar-refractivity contribution in [3.63, 3.8) is 0 Å². The standard InChI is InChI=1S/C26H18BrClN4O5S/c1-16(33)37-15-38(35,36)22-4-2-3-21(13-22)32-25-23(14-29-32)26(34)31(20-11-9-19(28)10-12-20)24(30-25)17-5-7-18(27)8-6-17/h2-14H,15H2,1H3. The Bertz CT molecular complexity index is 1850. The molecule has 2 heterocycles. The third kappa shape index (κ3) is 5.00. The van der Waals surface area contributed by atoms with Gasteiger partial charge in [-0.3, -0.25) is 14.2 Å². The Balaban J connectivity index is 1.72. The van der Waals surface area contributed by atoms with Gasteiger partial charge in [-0.15, -0.1) is 0 Å². The van der Waals surface area contributed by atoms with E-state index in [1.807, 2.05) is 24.3 Å². The zero-order valence-corrected chi connectivity index (χ0v) is 22.9. The number of benzene rings is 3. The fraction of sp³-hybridized carbons (Fsp3) is 0.0769. The molecule has 0 spiro atoms. The number of hydrogen-bond acceptors (Lipinski definition) is 7. The number of fused-ring (bicyclic) bond motifs is 1. The molecule has 0 radical (unpaired) electrons. The third-order valence-corrected chi connectivity index (χ3v) is 7.81. The van der Waals surface area contributed by atoms with Crippen molar-refractivity contribution < 1.29 is 17.9 Å². The quantitative estimate of drug-likeness (QED) is 0.249. The van der Waals surface area contributed by atoms with Gasteiger partial charge in [0.2, 0.25) is 9.84 Å². The highest BCUT2D eigenvalue weighted by atomic mass is 79.9. The van der Waals surface area contributed by atoms with Crippen LogP contribution in [0.1, 0.15) is 6.92 Å². The molecule has 38 heavy (non-hydrogen) atoms. The highest BCUT2D eigenvalue weighted by Gasteiger charge is 2.21. The molecular weight excluding hydrogens is 596 g/mol. The fourth-order valence-electron chi connectivity index (χ4n) is 3.82. The minimum Gasteiger partial charge on any atom is -0.449 e. The van der Waals surface area contributed by atoms with Crippen LogP contribution in [0.4, 0.5) is 0 Å². The highest BCUT2D eigenvalue weighted by molar-refractivity contribution is 9.10. The maximum Gasteiger partial charge on any atom is 0.303 e. The van der Waals surface area contributed by atoms with Crippen molar-refractivity contribution in [2.45, 2.75) is 11.8 Å². The Morgan fingerprint density at radius 1 is 1.03 bits per heavy atom. The molecule has 0 saturated carbocycles. The van der Waals surface area contributed by atoms with Crippen LogP contribution >= 0.6 is 27.5 Å². The van der Waals surface area contributed by atoms with Crippen LogP contribution in [0.15, 0.2) is 93.2 Å². The Labute approximate surface area is 230 Å². The van der Waals surface area contributed by atoms with Crippen LogP contribution in [-0.2, 0) is 19.4 Å². The van der Waals surface area contributed by atoms with E-state index in [1.165, 1.54) is 33.6 Å². The Morgan fingerprint density at radius 3 is 2.42 bits per heavy atom. The molecule has 0 aliphatic rings. The summed E-state index contributed by atoms with van der Waals surface area (Å²) in [4.78, 5) is 29.6. The molecule has 5 aromatic rings. The largest absolute Gasteiger partial charge is 0.449 e. The van der Waals surface area contributed by atoms with Crippen LogP contribution in [0.5, 0.6) is 0 Å². The molecule has 0 aliphatic carbocycles. The second kappa shape index (κ2) is 10.2. The normalized spacial score (nSPS) is 11.6. The van der Waals surface area contributed by atoms with Gasteiger partial charge in [0.05, 0.1) is 22.5 Å². The van der Waals surface area contributed by atoms with Crippen LogP contribution < -0.4 is 5.56 Å². The summed E-state index contributed by atoms with van der Waals surface area (Å²) in [6.07, 6.45) is 1.39. The first kappa shape index (κ1) is 25.8. The van der Waals surface area contributed by atoms with Crippen LogP contribution in [0, 0.1) is 0 Å². The lowest BCUT2D eigenvalue weighted by Crippen LogP contribution is -2.22. The number of rotatable bonds is 6. The van der Waals surface area contributed by atoms with Gasteiger partial charge in [-0.05, 0) is 54.6 Å². The van der Waals surface area contributed by atoms with E-state index in [0.717, 1.165) is 11.4 Å². The number of ether oxygens (including phenoxy) is 1. The van der Waals surface area contributed by atoms with Crippen molar-refractivity contribution in [3.8, 4) is 22.8 Å². The predicted molar refractivity (Wildman–Crippen MR) is 146 cm³/mol. The van der Waals surface area contributed by atoms with E-state index in [-0.39, 0.29) is 21.5 Å². The van der Waals surface area contributed by atoms with E-state index in [1.54, 1.807) is 30.3 Å². The summed E-state index contributed by atoms with van der Waals surface area (Å²) in [6.45, 7) is 1.13. The van der Waals surface area contributed by atoms with Gasteiger partial charge in [-0.25, -0.2) is 18.1 Å². The van der Waals surface area contributed by atoms with Gasteiger partial charge < -0.3 is 4.74 Å².